The van der Waals surface area contributed by atoms with E-state index in [1.54, 1.807) is 0 Å². The average molecular weight is 292 g/mol. The fourth-order valence-corrected chi connectivity index (χ4v) is 2.72. The van der Waals surface area contributed by atoms with Gasteiger partial charge < -0.3 is 20.1 Å². The van der Waals surface area contributed by atoms with Gasteiger partial charge in [-0.1, -0.05) is 19.1 Å². The molecule has 118 valence electrons. The zero-order valence-corrected chi connectivity index (χ0v) is 13.4. The lowest BCUT2D eigenvalue weighted by molar-refractivity contribution is -0.0103. The Balaban J connectivity index is 2.03. The SMILES string of the molecule is CCCNC(C)c1ccc(N2CC(CO)OCC2C)cc1. The molecule has 2 rings (SSSR count). The molecular formula is C17H28N2O2. The highest BCUT2D eigenvalue weighted by Gasteiger charge is 2.25. The maximum atomic E-state index is 9.28. The van der Waals surface area contributed by atoms with Crippen LogP contribution in [-0.4, -0.2) is 43.6 Å². The van der Waals surface area contributed by atoms with Gasteiger partial charge in [-0.25, -0.2) is 0 Å². The molecule has 4 heteroatoms. The molecule has 1 aromatic carbocycles. The number of rotatable bonds is 6. The third kappa shape index (κ3) is 4.19. The first-order valence-corrected chi connectivity index (χ1v) is 7.98. The Morgan fingerprint density at radius 2 is 2.10 bits per heavy atom. The predicted octanol–water partition coefficient (Wildman–Crippen LogP) is 2.33. The third-order valence-corrected chi connectivity index (χ3v) is 4.13. The van der Waals surface area contributed by atoms with E-state index < -0.39 is 0 Å². The summed E-state index contributed by atoms with van der Waals surface area (Å²) < 4.78 is 5.60. The van der Waals surface area contributed by atoms with E-state index >= 15 is 0 Å². The van der Waals surface area contributed by atoms with Gasteiger partial charge in [0.05, 0.1) is 19.3 Å². The van der Waals surface area contributed by atoms with Crippen molar-refractivity contribution in [1.29, 1.82) is 0 Å². The number of aliphatic hydroxyl groups excluding tert-OH is 1. The molecular weight excluding hydrogens is 264 g/mol. The Bertz CT molecular complexity index is 421. The zero-order valence-electron chi connectivity index (χ0n) is 13.4. The van der Waals surface area contributed by atoms with E-state index in [0.29, 0.717) is 18.7 Å². The molecule has 1 heterocycles. The second-order valence-corrected chi connectivity index (χ2v) is 5.91. The van der Waals surface area contributed by atoms with Crippen molar-refractivity contribution in [2.24, 2.45) is 0 Å². The van der Waals surface area contributed by atoms with Gasteiger partial charge in [0, 0.05) is 24.3 Å². The Kier molecular flexibility index (Phi) is 6.03. The summed E-state index contributed by atoms with van der Waals surface area (Å²) in [6, 6.07) is 9.46. The van der Waals surface area contributed by atoms with E-state index in [2.05, 4.69) is 55.3 Å². The second kappa shape index (κ2) is 7.78. The van der Waals surface area contributed by atoms with Gasteiger partial charge in [0.15, 0.2) is 0 Å². The first kappa shape index (κ1) is 16.3. The molecule has 0 aliphatic carbocycles. The molecule has 4 nitrogen and oxygen atoms in total. The van der Waals surface area contributed by atoms with Crippen LogP contribution >= 0.6 is 0 Å². The minimum Gasteiger partial charge on any atom is -0.394 e. The number of nitrogens with one attached hydrogen (secondary N) is 1. The number of hydrogen-bond donors (Lipinski definition) is 2. The first-order valence-electron chi connectivity index (χ1n) is 7.98. The Labute approximate surface area is 128 Å². The molecule has 1 aromatic rings. The van der Waals surface area contributed by atoms with Gasteiger partial charge in [0.1, 0.15) is 0 Å². The number of morpholine rings is 1. The van der Waals surface area contributed by atoms with Crippen molar-refractivity contribution in [3.05, 3.63) is 29.8 Å². The standard InChI is InChI=1S/C17H28N2O2/c1-4-9-18-14(3)15-5-7-16(8-6-15)19-10-17(11-20)21-12-13(19)2/h5-8,13-14,17-18,20H,4,9-12H2,1-3H3. The van der Waals surface area contributed by atoms with E-state index in [0.717, 1.165) is 19.5 Å². The Morgan fingerprint density at radius 1 is 1.38 bits per heavy atom. The maximum Gasteiger partial charge on any atom is 0.0981 e. The molecule has 21 heavy (non-hydrogen) atoms. The lowest BCUT2D eigenvalue weighted by Crippen LogP contribution is -2.49. The second-order valence-electron chi connectivity index (χ2n) is 5.91. The first-order chi connectivity index (χ1) is 10.2. The highest BCUT2D eigenvalue weighted by molar-refractivity contribution is 5.49. The van der Waals surface area contributed by atoms with Crippen LogP contribution in [0.4, 0.5) is 5.69 Å². The van der Waals surface area contributed by atoms with Crippen molar-refractivity contribution in [1.82, 2.24) is 5.32 Å². The average Bonchev–Trinajstić information content (AvgIpc) is 2.53. The molecule has 0 radical (unpaired) electrons. The smallest absolute Gasteiger partial charge is 0.0981 e. The summed E-state index contributed by atoms with van der Waals surface area (Å²) in [7, 11) is 0. The molecule has 0 spiro atoms. The molecule has 0 saturated carbocycles. The van der Waals surface area contributed by atoms with Crippen LogP contribution in [0, 0.1) is 0 Å². The largest absolute Gasteiger partial charge is 0.394 e. The van der Waals surface area contributed by atoms with Crippen LogP contribution in [-0.2, 0) is 4.74 Å². The van der Waals surface area contributed by atoms with Crippen LogP contribution in [0.2, 0.25) is 0 Å². The molecule has 3 atom stereocenters. The summed E-state index contributed by atoms with van der Waals surface area (Å²) in [6.45, 7) is 9.08. The molecule has 2 N–H and O–H groups in total. The lowest BCUT2D eigenvalue weighted by atomic mass is 10.1. The van der Waals surface area contributed by atoms with Crippen LogP contribution in [0.1, 0.15) is 38.8 Å². The van der Waals surface area contributed by atoms with Crippen molar-refractivity contribution in [2.45, 2.75) is 45.4 Å². The highest BCUT2D eigenvalue weighted by Crippen LogP contribution is 2.24. The van der Waals surface area contributed by atoms with Gasteiger partial charge >= 0.3 is 0 Å². The van der Waals surface area contributed by atoms with Crippen LogP contribution in [0.5, 0.6) is 0 Å². The van der Waals surface area contributed by atoms with Crippen LogP contribution in [0.3, 0.4) is 0 Å². The fourth-order valence-electron chi connectivity index (χ4n) is 2.72. The van der Waals surface area contributed by atoms with E-state index in [9.17, 15) is 5.11 Å². The minimum atomic E-state index is -0.0778. The number of nitrogens with zero attached hydrogens (tertiary/aromatic N) is 1. The van der Waals surface area contributed by atoms with Gasteiger partial charge in [0.2, 0.25) is 0 Å². The summed E-state index contributed by atoms with van der Waals surface area (Å²) in [5, 5.41) is 12.8. The minimum absolute atomic E-state index is 0.0778. The molecule has 3 unspecified atom stereocenters. The molecule has 1 aliphatic heterocycles. The monoisotopic (exact) mass is 292 g/mol. The predicted molar refractivity (Wildman–Crippen MR) is 86.8 cm³/mol. The third-order valence-electron chi connectivity index (χ3n) is 4.13. The summed E-state index contributed by atoms with van der Waals surface area (Å²) in [5.74, 6) is 0. The molecule has 1 aliphatic rings. The van der Waals surface area contributed by atoms with Crippen molar-refractivity contribution < 1.29 is 9.84 Å². The summed E-state index contributed by atoms with van der Waals surface area (Å²) >= 11 is 0. The lowest BCUT2D eigenvalue weighted by Gasteiger charge is -2.39. The Morgan fingerprint density at radius 3 is 2.71 bits per heavy atom. The quantitative estimate of drug-likeness (QED) is 0.845. The summed E-state index contributed by atoms with van der Waals surface area (Å²) in [5.41, 5.74) is 2.52. The van der Waals surface area contributed by atoms with Gasteiger partial charge in [0.25, 0.3) is 0 Å². The molecule has 1 fully saturated rings. The molecule has 0 aromatic heterocycles. The van der Waals surface area contributed by atoms with E-state index in [4.69, 9.17) is 4.74 Å². The van der Waals surface area contributed by atoms with Gasteiger partial charge in [-0.05, 0) is 44.5 Å². The summed E-state index contributed by atoms with van der Waals surface area (Å²) in [4.78, 5) is 2.32. The number of ether oxygens (including phenoxy) is 1. The summed E-state index contributed by atoms with van der Waals surface area (Å²) in [6.07, 6.45) is 1.07. The maximum absolute atomic E-state index is 9.28. The normalized spacial score (nSPS) is 24.1. The molecule has 0 bridgehead atoms. The van der Waals surface area contributed by atoms with Crippen LogP contribution in [0.15, 0.2) is 24.3 Å². The van der Waals surface area contributed by atoms with Crippen molar-refractivity contribution >= 4 is 5.69 Å². The molecule has 0 amide bonds. The number of anilines is 1. The van der Waals surface area contributed by atoms with Crippen molar-refractivity contribution in [3.63, 3.8) is 0 Å². The number of hydrogen-bond acceptors (Lipinski definition) is 4. The fraction of sp³-hybridized carbons (Fsp3) is 0.647. The highest BCUT2D eigenvalue weighted by atomic mass is 16.5. The number of benzene rings is 1. The van der Waals surface area contributed by atoms with Gasteiger partial charge in [-0.3, -0.25) is 0 Å². The topological polar surface area (TPSA) is 44.7 Å². The van der Waals surface area contributed by atoms with Crippen LogP contribution < -0.4 is 10.2 Å². The Hall–Kier alpha value is -1.10. The van der Waals surface area contributed by atoms with E-state index in [1.165, 1.54) is 11.3 Å². The van der Waals surface area contributed by atoms with Crippen LogP contribution in [0.25, 0.3) is 0 Å². The van der Waals surface area contributed by atoms with Crippen molar-refractivity contribution in [3.8, 4) is 0 Å². The zero-order chi connectivity index (χ0) is 15.2. The van der Waals surface area contributed by atoms with Gasteiger partial charge in [-0.15, -0.1) is 0 Å². The van der Waals surface area contributed by atoms with Crippen molar-refractivity contribution in [2.75, 3.05) is 31.2 Å². The molecule has 1 saturated heterocycles. The number of aliphatic hydroxyl groups is 1. The van der Waals surface area contributed by atoms with Gasteiger partial charge in [-0.2, -0.15) is 0 Å². The van der Waals surface area contributed by atoms with E-state index in [-0.39, 0.29) is 12.7 Å². The van der Waals surface area contributed by atoms with E-state index in [1.807, 2.05) is 0 Å².